The van der Waals surface area contributed by atoms with Crippen LogP contribution in [0.5, 0.6) is 0 Å². The zero-order valence-corrected chi connectivity index (χ0v) is 9.60. The fraction of sp³-hybridized carbons (Fsp3) is 0.167. The maximum Gasteiger partial charge on any atom is 0.254 e. The summed E-state index contributed by atoms with van der Waals surface area (Å²) in [6, 6.07) is 5.93. The first-order valence-corrected chi connectivity index (χ1v) is 5.52. The van der Waals surface area contributed by atoms with Crippen LogP contribution in [-0.4, -0.2) is 24.9 Å². The number of fused-ring (bicyclic) bond motifs is 1. The Kier molecular flexibility index (Phi) is 2.49. The summed E-state index contributed by atoms with van der Waals surface area (Å²) in [5.74, 6) is 0.0480. The summed E-state index contributed by atoms with van der Waals surface area (Å²) in [6.45, 7) is 3.88. The number of benzene rings is 1. The molecule has 0 bridgehead atoms. The van der Waals surface area contributed by atoms with Crippen molar-refractivity contribution in [2.45, 2.75) is 0 Å². The van der Waals surface area contributed by atoms with Crippen molar-refractivity contribution in [3.8, 4) is 0 Å². The van der Waals surface area contributed by atoms with Gasteiger partial charge in [-0.15, -0.1) is 11.3 Å². The lowest BCUT2D eigenvalue weighted by molar-refractivity contribution is 0.0830. The SMILES string of the molecule is [CH2]c1ccc2scc(C(=O)N(C)C)c2c1. The van der Waals surface area contributed by atoms with Gasteiger partial charge in [-0.25, -0.2) is 0 Å². The van der Waals surface area contributed by atoms with E-state index in [1.54, 1.807) is 30.3 Å². The van der Waals surface area contributed by atoms with Gasteiger partial charge in [-0.1, -0.05) is 6.07 Å². The van der Waals surface area contributed by atoms with Crippen molar-refractivity contribution >= 4 is 27.3 Å². The fourth-order valence-corrected chi connectivity index (χ4v) is 2.40. The molecule has 2 aromatic rings. The normalized spacial score (nSPS) is 10.6. The van der Waals surface area contributed by atoms with Crippen LogP contribution in [0.2, 0.25) is 0 Å². The molecule has 1 aromatic heterocycles. The fourth-order valence-electron chi connectivity index (χ4n) is 1.48. The van der Waals surface area contributed by atoms with Gasteiger partial charge in [-0.3, -0.25) is 4.79 Å². The van der Waals surface area contributed by atoms with Crippen LogP contribution in [0.4, 0.5) is 0 Å². The van der Waals surface area contributed by atoms with Crippen LogP contribution in [0, 0.1) is 6.92 Å². The Bertz CT molecular complexity index is 513. The molecule has 77 valence electrons. The summed E-state index contributed by atoms with van der Waals surface area (Å²) in [7, 11) is 3.53. The van der Waals surface area contributed by atoms with Crippen LogP contribution in [0.15, 0.2) is 23.6 Å². The molecule has 1 radical (unpaired) electrons. The minimum absolute atomic E-state index is 0.0480. The number of hydrogen-bond acceptors (Lipinski definition) is 2. The van der Waals surface area contributed by atoms with E-state index in [9.17, 15) is 4.79 Å². The van der Waals surface area contributed by atoms with Crippen molar-refractivity contribution in [2.24, 2.45) is 0 Å². The Hall–Kier alpha value is -1.35. The molecule has 15 heavy (non-hydrogen) atoms. The Morgan fingerprint density at radius 2 is 2.13 bits per heavy atom. The highest BCUT2D eigenvalue weighted by Gasteiger charge is 2.13. The van der Waals surface area contributed by atoms with E-state index in [1.165, 1.54) is 0 Å². The molecule has 0 unspecified atom stereocenters. The van der Waals surface area contributed by atoms with Gasteiger partial charge in [0.25, 0.3) is 5.91 Å². The molecule has 0 fully saturated rings. The van der Waals surface area contributed by atoms with Crippen LogP contribution in [-0.2, 0) is 0 Å². The maximum atomic E-state index is 11.8. The van der Waals surface area contributed by atoms with E-state index >= 15 is 0 Å². The van der Waals surface area contributed by atoms with E-state index in [0.717, 1.165) is 21.2 Å². The van der Waals surface area contributed by atoms with Crippen molar-refractivity contribution in [3.63, 3.8) is 0 Å². The zero-order chi connectivity index (χ0) is 11.0. The Labute approximate surface area is 93.1 Å². The van der Waals surface area contributed by atoms with Crippen molar-refractivity contribution < 1.29 is 4.79 Å². The van der Waals surface area contributed by atoms with Gasteiger partial charge in [-0.05, 0) is 24.6 Å². The van der Waals surface area contributed by atoms with Crippen LogP contribution in [0.3, 0.4) is 0 Å². The molecule has 0 saturated heterocycles. The third kappa shape index (κ3) is 1.75. The van der Waals surface area contributed by atoms with E-state index < -0.39 is 0 Å². The van der Waals surface area contributed by atoms with Crippen LogP contribution >= 0.6 is 11.3 Å². The van der Waals surface area contributed by atoms with Gasteiger partial charge in [0.15, 0.2) is 0 Å². The molecule has 0 aliphatic rings. The Morgan fingerprint density at radius 1 is 1.40 bits per heavy atom. The molecule has 3 heteroatoms. The molecule has 2 nitrogen and oxygen atoms in total. The monoisotopic (exact) mass is 218 g/mol. The minimum Gasteiger partial charge on any atom is -0.345 e. The summed E-state index contributed by atoms with van der Waals surface area (Å²) in [4.78, 5) is 13.4. The molecular formula is C12H12NOS. The van der Waals surface area contributed by atoms with Crippen molar-refractivity contribution in [2.75, 3.05) is 14.1 Å². The number of rotatable bonds is 1. The lowest BCUT2D eigenvalue weighted by atomic mass is 10.1. The second-order valence-electron chi connectivity index (χ2n) is 3.68. The van der Waals surface area contributed by atoms with Gasteiger partial charge < -0.3 is 4.90 Å². The summed E-state index contributed by atoms with van der Waals surface area (Å²) >= 11 is 1.59. The molecule has 0 atom stereocenters. The zero-order valence-electron chi connectivity index (χ0n) is 8.78. The van der Waals surface area contributed by atoms with Gasteiger partial charge >= 0.3 is 0 Å². The summed E-state index contributed by atoms with van der Waals surface area (Å²) in [6.07, 6.45) is 0. The summed E-state index contributed by atoms with van der Waals surface area (Å²) in [5.41, 5.74) is 1.71. The average molecular weight is 218 g/mol. The highest BCUT2D eigenvalue weighted by Crippen LogP contribution is 2.27. The minimum atomic E-state index is 0.0480. The van der Waals surface area contributed by atoms with E-state index in [-0.39, 0.29) is 5.91 Å². The smallest absolute Gasteiger partial charge is 0.254 e. The highest BCUT2D eigenvalue weighted by atomic mass is 32.1. The quantitative estimate of drug-likeness (QED) is 0.720. The number of carbonyl (C=O) groups excluding carboxylic acids is 1. The molecule has 0 saturated carbocycles. The third-order valence-corrected chi connectivity index (χ3v) is 3.24. The van der Waals surface area contributed by atoms with Crippen LogP contribution in [0.1, 0.15) is 15.9 Å². The van der Waals surface area contributed by atoms with Gasteiger partial charge in [0.05, 0.1) is 5.56 Å². The topological polar surface area (TPSA) is 20.3 Å². The standard InChI is InChI=1S/C12H12NOS/c1-8-4-5-11-9(6-8)10(7-15-11)12(14)13(2)3/h4-7H,1H2,2-3H3. The van der Waals surface area contributed by atoms with E-state index in [0.29, 0.717) is 0 Å². The first kappa shape index (κ1) is 10.2. The number of thiophene rings is 1. The van der Waals surface area contributed by atoms with Crippen molar-refractivity contribution in [1.29, 1.82) is 0 Å². The Balaban J connectivity index is 2.62. The molecule has 1 aromatic carbocycles. The molecule has 1 amide bonds. The molecule has 2 rings (SSSR count). The number of carbonyl (C=O) groups is 1. The molecule has 0 N–H and O–H groups in total. The van der Waals surface area contributed by atoms with Crippen molar-refractivity contribution in [1.82, 2.24) is 4.90 Å². The van der Waals surface area contributed by atoms with Gasteiger partial charge in [0.2, 0.25) is 0 Å². The summed E-state index contributed by atoms with van der Waals surface area (Å²) < 4.78 is 1.13. The largest absolute Gasteiger partial charge is 0.345 e. The van der Waals surface area contributed by atoms with Gasteiger partial charge in [-0.2, -0.15) is 0 Å². The lowest BCUT2D eigenvalue weighted by Gasteiger charge is -2.08. The number of amides is 1. The van der Waals surface area contributed by atoms with E-state index in [2.05, 4.69) is 6.92 Å². The van der Waals surface area contributed by atoms with E-state index in [4.69, 9.17) is 0 Å². The predicted molar refractivity (Wildman–Crippen MR) is 64.3 cm³/mol. The lowest BCUT2D eigenvalue weighted by Crippen LogP contribution is -2.21. The number of hydrogen-bond donors (Lipinski definition) is 0. The first-order chi connectivity index (χ1) is 7.09. The highest BCUT2D eigenvalue weighted by molar-refractivity contribution is 7.17. The third-order valence-electron chi connectivity index (χ3n) is 2.27. The predicted octanol–water partition coefficient (Wildman–Crippen LogP) is 2.79. The number of nitrogens with zero attached hydrogens (tertiary/aromatic N) is 1. The first-order valence-electron chi connectivity index (χ1n) is 4.64. The molecular weight excluding hydrogens is 206 g/mol. The summed E-state index contributed by atoms with van der Waals surface area (Å²) in [5, 5.41) is 2.91. The average Bonchev–Trinajstić information content (AvgIpc) is 2.59. The molecule has 1 heterocycles. The molecule has 0 aliphatic heterocycles. The molecule has 0 aliphatic carbocycles. The van der Waals surface area contributed by atoms with Gasteiger partial charge in [0, 0.05) is 29.6 Å². The second kappa shape index (κ2) is 3.66. The van der Waals surface area contributed by atoms with Gasteiger partial charge in [0.1, 0.15) is 0 Å². The van der Waals surface area contributed by atoms with Crippen molar-refractivity contribution in [3.05, 3.63) is 41.6 Å². The van der Waals surface area contributed by atoms with Crippen LogP contribution < -0.4 is 0 Å². The molecule has 0 spiro atoms. The second-order valence-corrected chi connectivity index (χ2v) is 4.59. The maximum absolute atomic E-state index is 11.8. The Morgan fingerprint density at radius 3 is 2.80 bits per heavy atom. The van der Waals surface area contributed by atoms with E-state index in [1.807, 2.05) is 23.6 Å². The van der Waals surface area contributed by atoms with Crippen LogP contribution in [0.25, 0.3) is 10.1 Å².